The molecule has 0 unspecified atom stereocenters. The van der Waals surface area contributed by atoms with Crippen molar-refractivity contribution in [1.82, 2.24) is 15.2 Å². The first-order valence-corrected chi connectivity index (χ1v) is 11.3. The number of nitrogens with one attached hydrogen (secondary N) is 2. The minimum atomic E-state index is -0.149. The van der Waals surface area contributed by atoms with E-state index >= 15 is 0 Å². The van der Waals surface area contributed by atoms with Crippen molar-refractivity contribution in [2.45, 2.75) is 19.4 Å². The van der Waals surface area contributed by atoms with E-state index in [-0.39, 0.29) is 11.9 Å². The van der Waals surface area contributed by atoms with E-state index in [4.69, 9.17) is 4.74 Å². The summed E-state index contributed by atoms with van der Waals surface area (Å²) in [6, 6.07) is 11.4. The zero-order valence-corrected chi connectivity index (χ0v) is 18.1. The van der Waals surface area contributed by atoms with Gasteiger partial charge in [0.1, 0.15) is 5.75 Å². The molecule has 0 atom stereocenters. The molecule has 2 N–H and O–H groups in total. The van der Waals surface area contributed by atoms with Crippen LogP contribution in [0.3, 0.4) is 0 Å². The van der Waals surface area contributed by atoms with Crippen LogP contribution in [-0.2, 0) is 19.4 Å². The zero-order valence-electron chi connectivity index (χ0n) is 16.5. The Morgan fingerprint density at radius 3 is 2.80 bits per heavy atom. The van der Waals surface area contributed by atoms with Gasteiger partial charge in [-0.3, -0.25) is 10.1 Å². The van der Waals surface area contributed by atoms with Gasteiger partial charge < -0.3 is 15.0 Å². The molecule has 3 amide bonds. The number of ether oxygens (including phenoxy) is 1. The number of thiophene rings is 1. The van der Waals surface area contributed by atoms with E-state index in [1.807, 2.05) is 35.7 Å². The predicted octanol–water partition coefficient (Wildman–Crippen LogP) is 3.78. The molecule has 7 nitrogen and oxygen atoms in total. The Morgan fingerprint density at radius 2 is 2.07 bits per heavy atom. The monoisotopic (exact) mass is 442 g/mol. The molecule has 4 rings (SSSR count). The summed E-state index contributed by atoms with van der Waals surface area (Å²) in [5.41, 5.74) is 2.11. The van der Waals surface area contributed by atoms with Crippen LogP contribution in [0.1, 0.15) is 25.8 Å². The van der Waals surface area contributed by atoms with Crippen LogP contribution < -0.4 is 15.4 Å². The van der Waals surface area contributed by atoms with Gasteiger partial charge in [-0.15, -0.1) is 11.3 Å². The van der Waals surface area contributed by atoms with Crippen LogP contribution in [0.15, 0.2) is 41.8 Å². The molecule has 3 heterocycles. The summed E-state index contributed by atoms with van der Waals surface area (Å²) < 4.78 is 5.16. The van der Waals surface area contributed by atoms with Crippen LogP contribution in [0.4, 0.5) is 9.93 Å². The van der Waals surface area contributed by atoms with Crippen molar-refractivity contribution in [3.8, 4) is 5.75 Å². The van der Waals surface area contributed by atoms with Crippen LogP contribution >= 0.6 is 22.7 Å². The van der Waals surface area contributed by atoms with Crippen molar-refractivity contribution in [3.05, 3.63) is 62.8 Å². The van der Waals surface area contributed by atoms with Gasteiger partial charge in [0.15, 0.2) is 5.13 Å². The lowest BCUT2D eigenvalue weighted by Gasteiger charge is -2.26. The van der Waals surface area contributed by atoms with Crippen molar-refractivity contribution < 1.29 is 14.3 Å². The maximum atomic E-state index is 12.5. The molecule has 9 heteroatoms. The van der Waals surface area contributed by atoms with Gasteiger partial charge in [-0.1, -0.05) is 29.5 Å². The molecule has 0 fully saturated rings. The van der Waals surface area contributed by atoms with Crippen molar-refractivity contribution >= 4 is 39.7 Å². The predicted molar refractivity (Wildman–Crippen MR) is 119 cm³/mol. The van der Waals surface area contributed by atoms with E-state index in [0.717, 1.165) is 28.3 Å². The zero-order chi connectivity index (χ0) is 20.9. The summed E-state index contributed by atoms with van der Waals surface area (Å²) in [4.78, 5) is 32.8. The first-order valence-electron chi connectivity index (χ1n) is 9.61. The molecule has 0 aliphatic carbocycles. The molecular weight excluding hydrogens is 420 g/mol. The lowest BCUT2D eigenvalue weighted by Crippen LogP contribution is -2.43. The Kier molecular flexibility index (Phi) is 6.29. The second-order valence-corrected chi connectivity index (χ2v) is 8.85. The highest BCUT2D eigenvalue weighted by Crippen LogP contribution is 2.29. The van der Waals surface area contributed by atoms with E-state index in [9.17, 15) is 9.59 Å². The summed E-state index contributed by atoms with van der Waals surface area (Å²) >= 11 is 2.83. The number of urea groups is 1. The Balaban J connectivity index is 1.28. The lowest BCUT2D eigenvalue weighted by molar-refractivity contribution is 0.103. The third kappa shape index (κ3) is 4.80. The smallest absolute Gasteiger partial charge is 0.317 e. The number of amides is 3. The molecule has 0 saturated heterocycles. The third-order valence-electron chi connectivity index (χ3n) is 4.83. The Morgan fingerprint density at radius 1 is 1.23 bits per heavy atom. The van der Waals surface area contributed by atoms with Crippen molar-refractivity contribution in [2.75, 3.05) is 25.5 Å². The van der Waals surface area contributed by atoms with Crippen molar-refractivity contribution in [1.29, 1.82) is 0 Å². The number of rotatable bonds is 6. The molecule has 1 aromatic carbocycles. The van der Waals surface area contributed by atoms with E-state index in [2.05, 4.69) is 15.6 Å². The number of anilines is 1. The number of thiazole rings is 1. The average molecular weight is 443 g/mol. The maximum Gasteiger partial charge on any atom is 0.317 e. The van der Waals surface area contributed by atoms with Gasteiger partial charge in [0.25, 0.3) is 5.91 Å². The van der Waals surface area contributed by atoms with E-state index < -0.39 is 0 Å². The van der Waals surface area contributed by atoms with Gasteiger partial charge in [-0.05, 0) is 35.6 Å². The Labute approximate surface area is 182 Å². The highest BCUT2D eigenvalue weighted by atomic mass is 32.1. The van der Waals surface area contributed by atoms with E-state index in [1.54, 1.807) is 18.1 Å². The fraction of sp³-hybridized carbons (Fsp3) is 0.286. The average Bonchev–Trinajstić information content (AvgIpc) is 3.43. The largest absolute Gasteiger partial charge is 0.497 e. The molecule has 0 saturated carbocycles. The van der Waals surface area contributed by atoms with Gasteiger partial charge in [-0.2, -0.15) is 0 Å². The van der Waals surface area contributed by atoms with E-state index in [0.29, 0.717) is 36.1 Å². The molecule has 1 aliphatic heterocycles. The van der Waals surface area contributed by atoms with Crippen LogP contribution in [0, 0.1) is 0 Å². The summed E-state index contributed by atoms with van der Waals surface area (Å²) in [6.07, 6.45) is 1.45. The third-order valence-corrected chi connectivity index (χ3v) is 6.70. The molecule has 30 heavy (non-hydrogen) atoms. The number of benzene rings is 1. The number of carbonyl (C=O) groups is 2. The van der Waals surface area contributed by atoms with Crippen molar-refractivity contribution in [2.24, 2.45) is 0 Å². The molecule has 156 valence electrons. The topological polar surface area (TPSA) is 83.6 Å². The number of nitrogens with zero attached hydrogens (tertiary/aromatic N) is 2. The number of hydrogen-bond donors (Lipinski definition) is 2. The lowest BCUT2D eigenvalue weighted by atomic mass is 10.1. The van der Waals surface area contributed by atoms with Gasteiger partial charge in [0, 0.05) is 24.4 Å². The van der Waals surface area contributed by atoms with Gasteiger partial charge in [0.2, 0.25) is 0 Å². The number of aromatic nitrogens is 1. The quantitative estimate of drug-likeness (QED) is 0.609. The van der Waals surface area contributed by atoms with Gasteiger partial charge in [-0.25, -0.2) is 9.78 Å². The normalized spacial score (nSPS) is 12.9. The highest BCUT2D eigenvalue weighted by Gasteiger charge is 2.24. The number of hydrogen-bond acceptors (Lipinski definition) is 6. The number of fused-ring (bicyclic) bond motifs is 1. The summed E-state index contributed by atoms with van der Waals surface area (Å²) in [5, 5.41) is 8.30. The molecule has 3 aromatic rings. The molecule has 2 aromatic heterocycles. The maximum absolute atomic E-state index is 12.5. The highest BCUT2D eigenvalue weighted by molar-refractivity contribution is 7.16. The van der Waals surface area contributed by atoms with Crippen LogP contribution in [0.25, 0.3) is 0 Å². The second-order valence-electron chi connectivity index (χ2n) is 6.82. The first-order chi connectivity index (χ1) is 14.6. The van der Waals surface area contributed by atoms with Gasteiger partial charge in [0.05, 0.1) is 24.2 Å². The Bertz CT molecular complexity index is 1020. The van der Waals surface area contributed by atoms with Crippen molar-refractivity contribution in [3.63, 3.8) is 0 Å². The fourth-order valence-electron chi connectivity index (χ4n) is 3.21. The summed E-state index contributed by atoms with van der Waals surface area (Å²) in [5.74, 6) is 0.673. The van der Waals surface area contributed by atoms with Crippen LogP contribution in [-0.4, -0.2) is 42.0 Å². The fourth-order valence-corrected chi connectivity index (χ4v) is 4.84. The van der Waals surface area contributed by atoms with Crippen LogP contribution in [0.5, 0.6) is 5.75 Å². The second kappa shape index (κ2) is 9.27. The molecule has 1 aliphatic rings. The van der Waals surface area contributed by atoms with Gasteiger partial charge >= 0.3 is 6.03 Å². The molecule has 0 bridgehead atoms. The SMILES string of the molecule is COc1ccc(CCNC(=O)N2CCc3nc(NC(=O)c4cccs4)sc3C2)cc1. The molecular formula is C21H22N4O3S2. The molecule has 0 radical (unpaired) electrons. The van der Waals surface area contributed by atoms with Crippen LogP contribution in [0.2, 0.25) is 0 Å². The van der Waals surface area contributed by atoms with E-state index in [1.165, 1.54) is 22.7 Å². The minimum Gasteiger partial charge on any atom is -0.497 e. The first kappa shape index (κ1) is 20.4. The Hall–Kier alpha value is -2.91. The number of carbonyl (C=O) groups excluding carboxylic acids is 2. The minimum absolute atomic E-state index is 0.0771. The standard InChI is InChI=1S/C21H22N4O3S2/c1-28-15-6-4-14(5-7-15)8-10-22-21(27)25-11-9-16-18(13-25)30-20(23-16)24-19(26)17-3-2-12-29-17/h2-7,12H,8-11,13H2,1H3,(H,22,27)(H,23,24,26). The number of methoxy groups -OCH3 is 1. The molecule has 0 spiro atoms. The summed E-state index contributed by atoms with van der Waals surface area (Å²) in [7, 11) is 1.64. The summed E-state index contributed by atoms with van der Waals surface area (Å²) in [6.45, 7) is 1.69.